The maximum Gasteiger partial charge on any atom is 0.257 e. The lowest BCUT2D eigenvalue weighted by Crippen LogP contribution is -2.38. The van der Waals surface area contributed by atoms with Crippen LogP contribution in [0.3, 0.4) is 0 Å². The van der Waals surface area contributed by atoms with E-state index in [4.69, 9.17) is 14.2 Å². The van der Waals surface area contributed by atoms with E-state index in [1.807, 2.05) is 35.2 Å². The number of fused-ring (bicyclic) bond motifs is 1. The number of hydrogen-bond donors (Lipinski definition) is 0. The van der Waals surface area contributed by atoms with Gasteiger partial charge in [-0.05, 0) is 55.5 Å². The van der Waals surface area contributed by atoms with Crippen molar-refractivity contribution in [1.82, 2.24) is 9.80 Å². The lowest BCUT2D eigenvalue weighted by molar-refractivity contribution is 0.0764. The Hall–Kier alpha value is -2.73. The Balaban J connectivity index is 1.17. The fourth-order valence-electron chi connectivity index (χ4n) is 4.65. The number of carbonyl (C=O) groups excluding carboxylic acids is 1. The average Bonchev–Trinajstić information content (AvgIpc) is 3.35. The summed E-state index contributed by atoms with van der Waals surface area (Å²) in [6.45, 7) is 5.78. The molecule has 31 heavy (non-hydrogen) atoms. The highest BCUT2D eigenvalue weighted by Crippen LogP contribution is 2.32. The topological polar surface area (TPSA) is 51.2 Å². The molecule has 3 aliphatic heterocycles. The second kappa shape index (κ2) is 9.18. The molecule has 3 heterocycles. The molecule has 2 saturated heterocycles. The summed E-state index contributed by atoms with van der Waals surface area (Å²) in [5.74, 6) is 2.51. The SMILES string of the molecule is O=C(c1ccccc1OC1CCN(Cc2ccc3c(c2)OCCO3)CC1)N1CCCC1. The minimum atomic E-state index is 0.101. The number of benzene rings is 2. The third-order valence-corrected chi connectivity index (χ3v) is 6.35. The molecule has 1 amide bonds. The summed E-state index contributed by atoms with van der Waals surface area (Å²) in [6.07, 6.45) is 4.24. The highest BCUT2D eigenvalue weighted by Gasteiger charge is 2.25. The minimum Gasteiger partial charge on any atom is -0.489 e. The molecule has 0 atom stereocenters. The third kappa shape index (κ3) is 4.64. The van der Waals surface area contributed by atoms with E-state index >= 15 is 0 Å². The van der Waals surface area contributed by atoms with Crippen LogP contribution in [0, 0.1) is 0 Å². The van der Waals surface area contributed by atoms with Crippen LogP contribution < -0.4 is 14.2 Å². The summed E-state index contributed by atoms with van der Waals surface area (Å²) >= 11 is 0. The third-order valence-electron chi connectivity index (χ3n) is 6.35. The molecule has 0 bridgehead atoms. The summed E-state index contributed by atoms with van der Waals surface area (Å²) in [6, 6.07) is 13.9. The molecular formula is C25H30N2O4. The molecule has 5 rings (SSSR count). The molecule has 0 aromatic heterocycles. The van der Waals surface area contributed by atoms with E-state index in [-0.39, 0.29) is 12.0 Å². The number of para-hydroxylation sites is 1. The highest BCUT2D eigenvalue weighted by atomic mass is 16.6. The lowest BCUT2D eigenvalue weighted by atomic mass is 10.1. The van der Waals surface area contributed by atoms with Crippen molar-refractivity contribution in [2.75, 3.05) is 39.4 Å². The molecule has 0 aliphatic carbocycles. The second-order valence-corrected chi connectivity index (χ2v) is 8.57. The molecule has 6 nitrogen and oxygen atoms in total. The van der Waals surface area contributed by atoms with Crippen LogP contribution in [0.2, 0.25) is 0 Å². The van der Waals surface area contributed by atoms with Crippen molar-refractivity contribution in [3.63, 3.8) is 0 Å². The zero-order valence-electron chi connectivity index (χ0n) is 17.9. The van der Waals surface area contributed by atoms with Gasteiger partial charge in [-0.2, -0.15) is 0 Å². The predicted octanol–water partition coefficient (Wildman–Crippen LogP) is 3.74. The summed E-state index contributed by atoms with van der Waals surface area (Å²) in [5.41, 5.74) is 1.94. The number of likely N-dealkylation sites (tertiary alicyclic amines) is 2. The Kier molecular flexibility index (Phi) is 5.98. The van der Waals surface area contributed by atoms with E-state index in [1.165, 1.54) is 5.56 Å². The second-order valence-electron chi connectivity index (χ2n) is 8.57. The average molecular weight is 423 g/mol. The van der Waals surface area contributed by atoms with Gasteiger partial charge in [0.1, 0.15) is 25.1 Å². The Bertz CT molecular complexity index is 917. The predicted molar refractivity (Wildman–Crippen MR) is 118 cm³/mol. The molecule has 0 radical (unpaired) electrons. The lowest BCUT2D eigenvalue weighted by Gasteiger charge is -2.32. The first-order chi connectivity index (χ1) is 15.3. The molecule has 0 spiro atoms. The van der Waals surface area contributed by atoms with E-state index < -0.39 is 0 Å². The fourth-order valence-corrected chi connectivity index (χ4v) is 4.65. The van der Waals surface area contributed by atoms with Crippen LogP contribution in [-0.4, -0.2) is 61.2 Å². The number of amides is 1. The largest absolute Gasteiger partial charge is 0.489 e. The number of hydrogen-bond acceptors (Lipinski definition) is 5. The molecule has 2 fully saturated rings. The van der Waals surface area contributed by atoms with Crippen molar-refractivity contribution < 1.29 is 19.0 Å². The van der Waals surface area contributed by atoms with Crippen LogP contribution in [0.1, 0.15) is 41.6 Å². The van der Waals surface area contributed by atoms with E-state index in [1.54, 1.807) is 0 Å². The van der Waals surface area contributed by atoms with Crippen molar-refractivity contribution >= 4 is 5.91 Å². The zero-order valence-corrected chi connectivity index (χ0v) is 17.9. The van der Waals surface area contributed by atoms with Gasteiger partial charge in [-0.1, -0.05) is 18.2 Å². The summed E-state index contributed by atoms with van der Waals surface area (Å²) in [5, 5.41) is 0. The number of carbonyl (C=O) groups is 1. The normalized spacial score (nSPS) is 19.4. The minimum absolute atomic E-state index is 0.101. The standard InChI is InChI=1S/C25H30N2O4/c28-25(27-11-3-4-12-27)21-5-1-2-6-22(21)31-20-9-13-26(14-10-20)18-19-7-8-23-24(17-19)30-16-15-29-23/h1-2,5-8,17,20H,3-4,9-16,18H2. The van der Waals surface area contributed by atoms with Gasteiger partial charge >= 0.3 is 0 Å². The quantitative estimate of drug-likeness (QED) is 0.735. The molecule has 2 aromatic carbocycles. The van der Waals surface area contributed by atoms with Gasteiger partial charge in [-0.3, -0.25) is 9.69 Å². The van der Waals surface area contributed by atoms with Gasteiger partial charge in [0.15, 0.2) is 11.5 Å². The summed E-state index contributed by atoms with van der Waals surface area (Å²) in [4.78, 5) is 17.3. The van der Waals surface area contributed by atoms with E-state index in [0.717, 1.165) is 75.7 Å². The van der Waals surface area contributed by atoms with Crippen LogP contribution in [0.15, 0.2) is 42.5 Å². The van der Waals surface area contributed by atoms with Gasteiger partial charge in [0.25, 0.3) is 5.91 Å². The van der Waals surface area contributed by atoms with E-state index in [0.29, 0.717) is 18.8 Å². The fraction of sp³-hybridized carbons (Fsp3) is 0.480. The molecule has 6 heteroatoms. The zero-order chi connectivity index (χ0) is 21.0. The van der Waals surface area contributed by atoms with Crippen LogP contribution in [-0.2, 0) is 6.54 Å². The monoisotopic (exact) mass is 422 g/mol. The van der Waals surface area contributed by atoms with Crippen molar-refractivity contribution in [3.8, 4) is 17.2 Å². The van der Waals surface area contributed by atoms with Crippen LogP contribution in [0.25, 0.3) is 0 Å². The molecule has 0 unspecified atom stereocenters. The molecule has 0 saturated carbocycles. The number of ether oxygens (including phenoxy) is 3. The van der Waals surface area contributed by atoms with Crippen molar-refractivity contribution in [2.24, 2.45) is 0 Å². The van der Waals surface area contributed by atoms with Crippen LogP contribution in [0.5, 0.6) is 17.2 Å². The molecular weight excluding hydrogens is 392 g/mol. The number of rotatable bonds is 5. The Morgan fingerprint density at radius 3 is 2.48 bits per heavy atom. The van der Waals surface area contributed by atoms with Gasteiger partial charge < -0.3 is 19.1 Å². The Morgan fingerprint density at radius 1 is 0.935 bits per heavy atom. The molecule has 164 valence electrons. The first-order valence-corrected chi connectivity index (χ1v) is 11.4. The van der Waals surface area contributed by atoms with Crippen LogP contribution >= 0.6 is 0 Å². The van der Waals surface area contributed by atoms with Gasteiger partial charge in [0.2, 0.25) is 0 Å². The van der Waals surface area contributed by atoms with Gasteiger partial charge in [-0.25, -0.2) is 0 Å². The number of piperidine rings is 1. The molecule has 3 aliphatic rings. The van der Waals surface area contributed by atoms with Gasteiger partial charge in [0.05, 0.1) is 5.56 Å². The van der Waals surface area contributed by atoms with Crippen molar-refractivity contribution in [2.45, 2.75) is 38.3 Å². The summed E-state index contributed by atoms with van der Waals surface area (Å²) in [7, 11) is 0. The Labute approximate surface area is 183 Å². The first kappa shape index (κ1) is 20.2. The number of nitrogens with zero attached hydrogens (tertiary/aromatic N) is 2. The Morgan fingerprint density at radius 2 is 1.68 bits per heavy atom. The van der Waals surface area contributed by atoms with Gasteiger partial charge in [-0.15, -0.1) is 0 Å². The van der Waals surface area contributed by atoms with E-state index in [2.05, 4.69) is 17.0 Å². The molecule has 0 N–H and O–H groups in total. The molecule has 2 aromatic rings. The smallest absolute Gasteiger partial charge is 0.257 e. The van der Waals surface area contributed by atoms with Gasteiger partial charge in [0, 0.05) is 32.7 Å². The van der Waals surface area contributed by atoms with Crippen molar-refractivity contribution in [1.29, 1.82) is 0 Å². The maximum atomic E-state index is 12.9. The van der Waals surface area contributed by atoms with Crippen LogP contribution in [0.4, 0.5) is 0 Å². The van der Waals surface area contributed by atoms with E-state index in [9.17, 15) is 4.79 Å². The summed E-state index contributed by atoms with van der Waals surface area (Å²) < 4.78 is 17.7. The maximum absolute atomic E-state index is 12.9. The highest BCUT2D eigenvalue weighted by molar-refractivity contribution is 5.97. The first-order valence-electron chi connectivity index (χ1n) is 11.4. The van der Waals surface area contributed by atoms with Crippen molar-refractivity contribution in [3.05, 3.63) is 53.6 Å².